The van der Waals surface area contributed by atoms with E-state index in [2.05, 4.69) is 15.9 Å². The lowest BCUT2D eigenvalue weighted by molar-refractivity contribution is -0.145. The fraction of sp³-hybridized carbons (Fsp3) is 0.933. The summed E-state index contributed by atoms with van der Waals surface area (Å²) in [5.41, 5.74) is 5.45. The van der Waals surface area contributed by atoms with Crippen molar-refractivity contribution >= 4 is 21.9 Å². The zero-order valence-electron chi connectivity index (χ0n) is 12.5. The number of ether oxygens (including phenoxy) is 1. The molecule has 114 valence electrons. The molecule has 0 spiro atoms. The van der Waals surface area contributed by atoms with Crippen LogP contribution in [0.5, 0.6) is 0 Å². The highest BCUT2D eigenvalue weighted by Gasteiger charge is 2.24. The summed E-state index contributed by atoms with van der Waals surface area (Å²) in [6.45, 7) is 4.98. The molecule has 0 saturated carbocycles. The molecule has 0 unspecified atom stereocenters. The Kier molecular flexibility index (Phi) is 11.7. The van der Waals surface area contributed by atoms with Crippen LogP contribution in [0.4, 0.5) is 0 Å². The van der Waals surface area contributed by atoms with Gasteiger partial charge in [-0.2, -0.15) is 0 Å². The Labute approximate surface area is 126 Å². The van der Waals surface area contributed by atoms with E-state index >= 15 is 0 Å². The number of carbonyl (C=O) groups excluding carboxylic acids is 1. The van der Waals surface area contributed by atoms with E-state index in [0.717, 1.165) is 25.8 Å². The van der Waals surface area contributed by atoms with Gasteiger partial charge in [0, 0.05) is 0 Å². The third kappa shape index (κ3) is 12.7. The predicted molar refractivity (Wildman–Crippen MR) is 84.6 cm³/mol. The Balaban J connectivity index is 3.17. The number of esters is 1. The molecule has 0 aliphatic rings. The van der Waals surface area contributed by atoms with Crippen LogP contribution in [0.2, 0.25) is 0 Å². The van der Waals surface area contributed by atoms with Crippen molar-refractivity contribution in [1.29, 1.82) is 0 Å². The molecule has 0 aromatic heterocycles. The quantitative estimate of drug-likeness (QED) is 0.331. The monoisotopic (exact) mass is 335 g/mol. The topological polar surface area (TPSA) is 52.3 Å². The van der Waals surface area contributed by atoms with E-state index in [0.29, 0.717) is 6.61 Å². The average Bonchev–Trinajstić information content (AvgIpc) is 2.34. The van der Waals surface area contributed by atoms with Gasteiger partial charge in [0.2, 0.25) is 0 Å². The van der Waals surface area contributed by atoms with Crippen LogP contribution in [0.25, 0.3) is 0 Å². The normalized spacial score (nSPS) is 11.6. The van der Waals surface area contributed by atoms with Crippen molar-refractivity contribution in [2.75, 3.05) is 13.2 Å². The molecule has 0 aromatic carbocycles. The minimum atomic E-state index is -0.559. The van der Waals surface area contributed by atoms with Crippen molar-refractivity contribution in [3.05, 3.63) is 0 Å². The van der Waals surface area contributed by atoms with Crippen LogP contribution in [0.15, 0.2) is 0 Å². The van der Waals surface area contributed by atoms with Crippen molar-refractivity contribution in [3.63, 3.8) is 0 Å². The number of carbonyl (C=O) groups is 1. The second-order valence-electron chi connectivity index (χ2n) is 5.58. The number of unbranched alkanes of at least 4 members (excludes halogenated alkanes) is 8. The zero-order valence-corrected chi connectivity index (χ0v) is 14.1. The SMILES string of the molecule is CC(C)(Br)C(=O)OCCCCCCCCCCCN. The molecule has 2 N–H and O–H groups in total. The van der Waals surface area contributed by atoms with E-state index in [1.807, 2.05) is 0 Å². The molecule has 0 radical (unpaired) electrons. The lowest BCUT2D eigenvalue weighted by Gasteiger charge is -2.14. The smallest absolute Gasteiger partial charge is 0.322 e. The Hall–Kier alpha value is -0.0900. The first-order chi connectivity index (χ1) is 8.98. The van der Waals surface area contributed by atoms with Gasteiger partial charge in [0.05, 0.1) is 6.61 Å². The summed E-state index contributed by atoms with van der Waals surface area (Å²) < 4.78 is 4.62. The summed E-state index contributed by atoms with van der Waals surface area (Å²) in [6, 6.07) is 0. The third-order valence-corrected chi connectivity index (χ3v) is 3.39. The Bertz CT molecular complexity index is 227. The van der Waals surface area contributed by atoms with Gasteiger partial charge in [-0.3, -0.25) is 4.79 Å². The maximum Gasteiger partial charge on any atom is 0.322 e. The van der Waals surface area contributed by atoms with E-state index in [9.17, 15) is 4.79 Å². The first-order valence-corrected chi connectivity index (χ1v) is 8.34. The second-order valence-corrected chi connectivity index (χ2v) is 7.56. The number of hydrogen-bond donors (Lipinski definition) is 1. The summed E-state index contributed by atoms with van der Waals surface area (Å²) in [5.74, 6) is -0.174. The summed E-state index contributed by atoms with van der Waals surface area (Å²) in [7, 11) is 0. The number of hydrogen-bond acceptors (Lipinski definition) is 3. The molecule has 0 saturated heterocycles. The molecule has 0 aliphatic carbocycles. The van der Waals surface area contributed by atoms with E-state index in [4.69, 9.17) is 10.5 Å². The molecular formula is C15H30BrNO2. The molecule has 0 heterocycles. The van der Waals surface area contributed by atoms with E-state index < -0.39 is 4.32 Å². The maximum atomic E-state index is 11.4. The number of rotatable bonds is 12. The maximum absolute atomic E-state index is 11.4. The molecule has 0 aromatic rings. The van der Waals surface area contributed by atoms with Crippen LogP contribution in [-0.4, -0.2) is 23.4 Å². The van der Waals surface area contributed by atoms with Gasteiger partial charge >= 0.3 is 5.97 Å². The second kappa shape index (κ2) is 11.7. The minimum Gasteiger partial charge on any atom is -0.465 e. The lowest BCUT2D eigenvalue weighted by atomic mass is 10.1. The first kappa shape index (κ1) is 18.9. The van der Waals surface area contributed by atoms with Crippen LogP contribution in [0.3, 0.4) is 0 Å². The molecule has 0 amide bonds. The molecule has 4 heteroatoms. The van der Waals surface area contributed by atoms with Gasteiger partial charge in [-0.1, -0.05) is 60.9 Å². The van der Waals surface area contributed by atoms with Crippen LogP contribution in [-0.2, 0) is 9.53 Å². The van der Waals surface area contributed by atoms with Crippen LogP contribution in [0, 0.1) is 0 Å². The van der Waals surface area contributed by atoms with Gasteiger partial charge in [-0.25, -0.2) is 0 Å². The standard InChI is InChI=1S/C15H30BrNO2/c1-15(2,16)14(18)19-13-11-9-7-5-3-4-6-8-10-12-17/h3-13,17H2,1-2H3. The average molecular weight is 336 g/mol. The van der Waals surface area contributed by atoms with Crippen molar-refractivity contribution in [2.45, 2.75) is 76.0 Å². The number of alkyl halides is 1. The number of nitrogens with two attached hydrogens (primary N) is 1. The van der Waals surface area contributed by atoms with Gasteiger partial charge < -0.3 is 10.5 Å². The van der Waals surface area contributed by atoms with Crippen molar-refractivity contribution < 1.29 is 9.53 Å². The lowest BCUT2D eigenvalue weighted by Crippen LogP contribution is -2.26. The van der Waals surface area contributed by atoms with E-state index in [1.54, 1.807) is 13.8 Å². The molecule has 0 atom stereocenters. The fourth-order valence-electron chi connectivity index (χ4n) is 1.82. The van der Waals surface area contributed by atoms with Gasteiger partial charge in [0.25, 0.3) is 0 Å². The van der Waals surface area contributed by atoms with Crippen molar-refractivity contribution in [3.8, 4) is 0 Å². The zero-order chi connectivity index (χ0) is 14.6. The molecule has 0 fully saturated rings. The van der Waals surface area contributed by atoms with E-state index in [1.165, 1.54) is 38.5 Å². The minimum absolute atomic E-state index is 0.174. The molecule has 19 heavy (non-hydrogen) atoms. The van der Waals surface area contributed by atoms with Gasteiger partial charge in [0.15, 0.2) is 0 Å². The van der Waals surface area contributed by atoms with Gasteiger partial charge in [-0.05, 0) is 33.2 Å². The Morgan fingerprint density at radius 3 is 1.79 bits per heavy atom. The summed E-state index contributed by atoms with van der Waals surface area (Å²) >= 11 is 3.29. The van der Waals surface area contributed by atoms with Crippen LogP contribution >= 0.6 is 15.9 Å². The molecular weight excluding hydrogens is 306 g/mol. The van der Waals surface area contributed by atoms with Crippen LogP contribution in [0.1, 0.15) is 71.6 Å². The molecule has 0 bridgehead atoms. The molecule has 0 rings (SSSR count). The summed E-state index contributed by atoms with van der Waals surface area (Å²) in [5, 5.41) is 0. The summed E-state index contributed by atoms with van der Waals surface area (Å²) in [4.78, 5) is 11.4. The first-order valence-electron chi connectivity index (χ1n) is 7.54. The van der Waals surface area contributed by atoms with Crippen molar-refractivity contribution in [1.82, 2.24) is 0 Å². The van der Waals surface area contributed by atoms with Crippen molar-refractivity contribution in [2.24, 2.45) is 5.73 Å². The fourth-order valence-corrected chi connectivity index (χ4v) is 1.93. The highest BCUT2D eigenvalue weighted by Crippen LogP contribution is 2.17. The summed E-state index contributed by atoms with van der Waals surface area (Å²) in [6.07, 6.45) is 11.1. The Morgan fingerprint density at radius 1 is 0.947 bits per heavy atom. The highest BCUT2D eigenvalue weighted by molar-refractivity contribution is 9.10. The van der Waals surface area contributed by atoms with E-state index in [-0.39, 0.29) is 5.97 Å². The largest absolute Gasteiger partial charge is 0.465 e. The molecule has 0 aliphatic heterocycles. The highest BCUT2D eigenvalue weighted by atomic mass is 79.9. The van der Waals surface area contributed by atoms with Gasteiger partial charge in [-0.15, -0.1) is 0 Å². The third-order valence-electron chi connectivity index (χ3n) is 3.07. The Morgan fingerprint density at radius 2 is 1.37 bits per heavy atom. The number of halogens is 1. The molecule has 3 nitrogen and oxygen atoms in total. The van der Waals surface area contributed by atoms with Crippen LogP contribution < -0.4 is 5.73 Å². The predicted octanol–water partition coefficient (Wildman–Crippen LogP) is 4.17. The van der Waals surface area contributed by atoms with Gasteiger partial charge in [0.1, 0.15) is 4.32 Å².